The van der Waals surface area contributed by atoms with Crippen LogP contribution in [0.3, 0.4) is 0 Å². The van der Waals surface area contributed by atoms with Crippen LogP contribution in [0.25, 0.3) is 0 Å². The maximum Gasteiger partial charge on any atom is 0.262 e. The molecule has 28 heavy (non-hydrogen) atoms. The van der Waals surface area contributed by atoms with Crippen LogP contribution in [-0.4, -0.2) is 48.7 Å². The Hall–Kier alpha value is -2.49. The van der Waals surface area contributed by atoms with Crippen molar-refractivity contribution >= 4 is 62.9 Å². The summed E-state index contributed by atoms with van der Waals surface area (Å²) in [5.74, 6) is -1.22. The molecule has 0 saturated heterocycles. The molecule has 2 aromatic rings. The van der Waals surface area contributed by atoms with Gasteiger partial charge in [0.15, 0.2) is 0 Å². The molecule has 0 radical (unpaired) electrons. The van der Waals surface area contributed by atoms with E-state index in [1.807, 2.05) is 0 Å². The van der Waals surface area contributed by atoms with E-state index >= 15 is 0 Å². The molecule has 6 nitrogen and oxygen atoms in total. The SMILES string of the molecule is O=C1c2ccccc2C(=O)N1CSC(=S)SCN1C(=O)c2ccccc2C1=O. The average molecular weight is 429 g/mol. The number of hydrogen-bond donors (Lipinski definition) is 0. The van der Waals surface area contributed by atoms with Crippen LogP contribution in [0.15, 0.2) is 48.5 Å². The maximum absolute atomic E-state index is 12.3. The van der Waals surface area contributed by atoms with E-state index in [-0.39, 0.29) is 35.4 Å². The number of thiocarbonyl (C=S) groups is 1. The van der Waals surface area contributed by atoms with Crippen molar-refractivity contribution in [1.82, 2.24) is 9.80 Å². The molecule has 0 bridgehead atoms. The van der Waals surface area contributed by atoms with Crippen LogP contribution in [0.5, 0.6) is 0 Å². The second-order valence-corrected chi connectivity index (χ2v) is 9.06. The monoisotopic (exact) mass is 428 g/mol. The molecule has 4 rings (SSSR count). The van der Waals surface area contributed by atoms with E-state index in [4.69, 9.17) is 12.2 Å². The van der Waals surface area contributed by atoms with Crippen LogP contribution in [0, 0.1) is 0 Å². The van der Waals surface area contributed by atoms with Gasteiger partial charge in [0.25, 0.3) is 23.6 Å². The molecule has 2 aliphatic rings. The molecule has 0 unspecified atom stereocenters. The van der Waals surface area contributed by atoms with E-state index in [0.717, 1.165) is 33.3 Å². The number of carbonyl (C=O) groups is 4. The average Bonchev–Trinajstić information content (AvgIpc) is 3.10. The summed E-state index contributed by atoms with van der Waals surface area (Å²) in [7, 11) is 0. The van der Waals surface area contributed by atoms with Crippen LogP contribution in [0.1, 0.15) is 41.4 Å². The third-order valence-electron chi connectivity index (χ3n) is 4.38. The maximum atomic E-state index is 12.3. The summed E-state index contributed by atoms with van der Waals surface area (Å²) < 4.78 is 0.438. The van der Waals surface area contributed by atoms with E-state index in [0.29, 0.717) is 25.8 Å². The molecule has 2 aromatic carbocycles. The van der Waals surface area contributed by atoms with Crippen molar-refractivity contribution in [2.24, 2.45) is 0 Å². The second-order valence-electron chi connectivity index (χ2n) is 5.96. The zero-order valence-electron chi connectivity index (χ0n) is 14.3. The van der Waals surface area contributed by atoms with Crippen molar-refractivity contribution in [1.29, 1.82) is 0 Å². The topological polar surface area (TPSA) is 74.8 Å². The third-order valence-corrected chi connectivity index (χ3v) is 7.04. The molecular formula is C19H12N2O4S3. The largest absolute Gasteiger partial charge is 0.269 e. The highest BCUT2D eigenvalue weighted by atomic mass is 32.2. The van der Waals surface area contributed by atoms with Gasteiger partial charge in [-0.2, -0.15) is 0 Å². The van der Waals surface area contributed by atoms with Crippen molar-refractivity contribution in [3.05, 3.63) is 70.8 Å². The minimum Gasteiger partial charge on any atom is -0.269 e. The molecule has 0 N–H and O–H groups in total. The number of hydrogen-bond acceptors (Lipinski definition) is 7. The third kappa shape index (κ3) is 3.15. The molecule has 4 amide bonds. The van der Waals surface area contributed by atoms with Crippen LogP contribution < -0.4 is 0 Å². The normalized spacial score (nSPS) is 15.3. The molecule has 0 saturated carbocycles. The van der Waals surface area contributed by atoms with Gasteiger partial charge >= 0.3 is 0 Å². The Morgan fingerprint density at radius 2 is 0.929 bits per heavy atom. The van der Waals surface area contributed by atoms with Gasteiger partial charge in [-0.25, -0.2) is 0 Å². The summed E-state index contributed by atoms with van der Waals surface area (Å²) in [4.78, 5) is 51.7. The van der Waals surface area contributed by atoms with Gasteiger partial charge in [-0.15, -0.1) is 0 Å². The number of fused-ring (bicyclic) bond motifs is 2. The first-order chi connectivity index (χ1) is 13.5. The van der Waals surface area contributed by atoms with Crippen molar-refractivity contribution < 1.29 is 19.2 Å². The van der Waals surface area contributed by atoms with Gasteiger partial charge in [0.1, 0.15) is 3.53 Å². The van der Waals surface area contributed by atoms with Crippen molar-refractivity contribution in [3.63, 3.8) is 0 Å². The summed E-state index contributed by atoms with van der Waals surface area (Å²) in [6, 6.07) is 13.3. The van der Waals surface area contributed by atoms with Gasteiger partial charge in [-0.1, -0.05) is 60.0 Å². The standard InChI is InChI=1S/C19H12N2O4S3/c22-15-11-5-1-2-6-12(11)16(23)20(15)9-27-19(26)28-10-21-17(24)13-7-3-4-8-14(13)18(21)25/h1-8H,9-10H2. The molecular weight excluding hydrogens is 416 g/mol. The van der Waals surface area contributed by atoms with E-state index in [1.54, 1.807) is 48.5 Å². The van der Waals surface area contributed by atoms with Gasteiger partial charge in [-0.3, -0.25) is 29.0 Å². The van der Waals surface area contributed by atoms with E-state index in [2.05, 4.69) is 0 Å². The summed E-state index contributed by atoms with van der Waals surface area (Å²) in [5.41, 5.74) is 1.55. The Labute approximate surface area is 174 Å². The molecule has 140 valence electrons. The Bertz CT molecular complexity index is 901. The number of amides is 4. The number of rotatable bonds is 4. The van der Waals surface area contributed by atoms with Crippen molar-refractivity contribution in [2.45, 2.75) is 0 Å². The van der Waals surface area contributed by atoms with Crippen molar-refractivity contribution in [2.75, 3.05) is 11.8 Å². The number of benzene rings is 2. The summed E-state index contributed by atoms with van der Waals surface area (Å²) in [6.07, 6.45) is 0. The first kappa shape index (κ1) is 18.9. The second kappa shape index (κ2) is 7.50. The molecule has 2 aliphatic heterocycles. The predicted octanol–water partition coefficient (Wildman–Crippen LogP) is 3.25. The van der Waals surface area contributed by atoms with Gasteiger partial charge in [0.05, 0.1) is 34.0 Å². The van der Waals surface area contributed by atoms with E-state index in [9.17, 15) is 19.2 Å². The molecule has 0 atom stereocenters. The quantitative estimate of drug-likeness (QED) is 0.547. The van der Waals surface area contributed by atoms with Crippen LogP contribution >= 0.6 is 35.7 Å². The summed E-state index contributed by atoms with van der Waals surface area (Å²) >= 11 is 7.58. The molecule has 0 spiro atoms. The van der Waals surface area contributed by atoms with Crippen LogP contribution in [0.2, 0.25) is 0 Å². The minimum atomic E-state index is -0.346. The van der Waals surface area contributed by atoms with E-state index in [1.165, 1.54) is 0 Å². The molecule has 0 aromatic heterocycles. The van der Waals surface area contributed by atoms with Gasteiger partial charge in [0.2, 0.25) is 0 Å². The smallest absolute Gasteiger partial charge is 0.262 e. The molecule has 9 heteroatoms. The first-order valence-corrected chi connectivity index (χ1v) is 10.6. The Kier molecular flexibility index (Phi) is 5.05. The van der Waals surface area contributed by atoms with Crippen LogP contribution in [0.4, 0.5) is 0 Å². The highest BCUT2D eigenvalue weighted by Crippen LogP contribution is 2.29. The Morgan fingerprint density at radius 1 is 0.643 bits per heavy atom. The number of carbonyl (C=O) groups excluding carboxylic acids is 4. The summed E-state index contributed by atoms with van der Waals surface area (Å²) in [5, 5.41) is 0. The molecule has 2 heterocycles. The fourth-order valence-electron chi connectivity index (χ4n) is 2.99. The lowest BCUT2D eigenvalue weighted by Gasteiger charge is -2.15. The fraction of sp³-hybridized carbons (Fsp3) is 0.105. The first-order valence-electron chi connectivity index (χ1n) is 8.19. The summed E-state index contributed by atoms with van der Waals surface area (Å²) in [6.45, 7) is 0. The number of imide groups is 2. The van der Waals surface area contributed by atoms with E-state index < -0.39 is 0 Å². The lowest BCUT2D eigenvalue weighted by atomic mass is 10.1. The van der Waals surface area contributed by atoms with Crippen LogP contribution in [-0.2, 0) is 0 Å². The van der Waals surface area contributed by atoms with Gasteiger partial charge in [0, 0.05) is 0 Å². The number of thioether (sulfide) groups is 2. The lowest BCUT2D eigenvalue weighted by molar-refractivity contribution is 0.0669. The minimum absolute atomic E-state index is 0.0836. The van der Waals surface area contributed by atoms with Crippen molar-refractivity contribution in [3.8, 4) is 0 Å². The highest BCUT2D eigenvalue weighted by molar-refractivity contribution is 8.47. The zero-order chi connectivity index (χ0) is 19.8. The zero-order valence-corrected chi connectivity index (χ0v) is 16.7. The fourth-order valence-corrected chi connectivity index (χ4v) is 4.89. The Morgan fingerprint density at radius 3 is 1.21 bits per heavy atom. The molecule has 0 aliphatic carbocycles. The molecule has 0 fully saturated rings. The highest BCUT2D eigenvalue weighted by Gasteiger charge is 2.36. The Balaban J connectivity index is 1.33. The number of nitrogens with zero attached hydrogens (tertiary/aromatic N) is 2. The lowest BCUT2D eigenvalue weighted by Crippen LogP contribution is -2.30. The predicted molar refractivity (Wildman–Crippen MR) is 111 cm³/mol. The van der Waals surface area contributed by atoms with Gasteiger partial charge in [-0.05, 0) is 24.3 Å². The van der Waals surface area contributed by atoms with Gasteiger partial charge < -0.3 is 0 Å².